The maximum atomic E-state index is 12.7. The zero-order valence-electron chi connectivity index (χ0n) is 12.4. The predicted octanol–water partition coefficient (Wildman–Crippen LogP) is 2.34. The highest BCUT2D eigenvalue weighted by molar-refractivity contribution is 9.10. The normalized spacial score (nSPS) is 19.5. The first-order valence-electron chi connectivity index (χ1n) is 6.88. The van der Waals surface area contributed by atoms with E-state index in [1.807, 2.05) is 26.0 Å². The minimum atomic E-state index is -0.502. The van der Waals surface area contributed by atoms with E-state index in [0.29, 0.717) is 18.7 Å². The van der Waals surface area contributed by atoms with Crippen LogP contribution in [-0.4, -0.2) is 31.5 Å². The molecule has 21 heavy (non-hydrogen) atoms. The van der Waals surface area contributed by atoms with Gasteiger partial charge in [0.15, 0.2) is 0 Å². The zero-order chi connectivity index (χ0) is 15.6. The SMILES string of the molecule is COc1ccc(Br)c(N2CCC(=O)NC(C(C)C)C2=O)c1. The lowest BCUT2D eigenvalue weighted by Crippen LogP contribution is -2.48. The highest BCUT2D eigenvalue weighted by atomic mass is 79.9. The number of amides is 2. The van der Waals surface area contributed by atoms with Crippen LogP contribution < -0.4 is 15.0 Å². The van der Waals surface area contributed by atoms with Gasteiger partial charge in [0.1, 0.15) is 11.8 Å². The third-order valence-corrected chi connectivity index (χ3v) is 4.19. The fraction of sp³-hybridized carbons (Fsp3) is 0.467. The maximum absolute atomic E-state index is 12.7. The van der Waals surface area contributed by atoms with E-state index >= 15 is 0 Å². The van der Waals surface area contributed by atoms with Gasteiger partial charge >= 0.3 is 0 Å². The summed E-state index contributed by atoms with van der Waals surface area (Å²) in [5.74, 6) is 0.519. The Hall–Kier alpha value is -1.56. The molecule has 2 rings (SSSR count). The highest BCUT2D eigenvalue weighted by Crippen LogP contribution is 2.32. The molecule has 1 heterocycles. The van der Waals surface area contributed by atoms with Crippen molar-refractivity contribution in [3.63, 3.8) is 0 Å². The van der Waals surface area contributed by atoms with Crippen LogP contribution in [0.3, 0.4) is 0 Å². The number of hydrogen-bond acceptors (Lipinski definition) is 3. The molecular formula is C15H19BrN2O3. The van der Waals surface area contributed by atoms with Crippen molar-refractivity contribution in [2.45, 2.75) is 26.3 Å². The summed E-state index contributed by atoms with van der Waals surface area (Å²) in [4.78, 5) is 26.2. The van der Waals surface area contributed by atoms with Crippen LogP contribution in [0.4, 0.5) is 5.69 Å². The van der Waals surface area contributed by atoms with Gasteiger partial charge < -0.3 is 15.0 Å². The summed E-state index contributed by atoms with van der Waals surface area (Å²) < 4.78 is 6.02. The van der Waals surface area contributed by atoms with Gasteiger partial charge in [-0.3, -0.25) is 9.59 Å². The van der Waals surface area contributed by atoms with Crippen molar-refractivity contribution >= 4 is 33.4 Å². The number of nitrogens with zero attached hydrogens (tertiary/aromatic N) is 1. The summed E-state index contributed by atoms with van der Waals surface area (Å²) in [6.45, 7) is 4.21. The van der Waals surface area contributed by atoms with Gasteiger partial charge in [-0.05, 0) is 34.0 Å². The summed E-state index contributed by atoms with van der Waals surface area (Å²) in [6, 6.07) is 4.96. The molecule has 0 spiro atoms. The molecule has 1 unspecified atom stereocenters. The van der Waals surface area contributed by atoms with Gasteiger partial charge in [-0.15, -0.1) is 0 Å². The number of ether oxygens (including phenoxy) is 1. The van der Waals surface area contributed by atoms with E-state index in [0.717, 1.165) is 10.2 Å². The van der Waals surface area contributed by atoms with Crippen LogP contribution in [0.1, 0.15) is 20.3 Å². The van der Waals surface area contributed by atoms with E-state index < -0.39 is 6.04 Å². The zero-order valence-corrected chi connectivity index (χ0v) is 13.9. The number of hydrogen-bond donors (Lipinski definition) is 1. The lowest BCUT2D eigenvalue weighted by atomic mass is 10.0. The minimum absolute atomic E-state index is 0.0337. The molecule has 1 aliphatic rings. The first kappa shape index (κ1) is 15.8. The van der Waals surface area contributed by atoms with E-state index in [-0.39, 0.29) is 17.7 Å². The topological polar surface area (TPSA) is 58.6 Å². The van der Waals surface area contributed by atoms with Gasteiger partial charge in [-0.1, -0.05) is 13.8 Å². The summed E-state index contributed by atoms with van der Waals surface area (Å²) in [6.07, 6.45) is 0.290. The van der Waals surface area contributed by atoms with Gasteiger partial charge in [0.25, 0.3) is 0 Å². The number of carbonyl (C=O) groups excluding carboxylic acids is 2. The van der Waals surface area contributed by atoms with Crippen LogP contribution in [0.25, 0.3) is 0 Å². The van der Waals surface area contributed by atoms with Gasteiger partial charge in [-0.25, -0.2) is 0 Å². The number of nitrogens with one attached hydrogen (secondary N) is 1. The van der Waals surface area contributed by atoms with Crippen molar-refractivity contribution < 1.29 is 14.3 Å². The smallest absolute Gasteiger partial charge is 0.249 e. The molecule has 0 aromatic heterocycles. The van der Waals surface area contributed by atoms with Crippen molar-refractivity contribution in [2.24, 2.45) is 5.92 Å². The van der Waals surface area contributed by atoms with Crippen LogP contribution in [0.5, 0.6) is 5.75 Å². The number of methoxy groups -OCH3 is 1. The summed E-state index contributed by atoms with van der Waals surface area (Å²) in [5, 5.41) is 2.80. The molecule has 0 bridgehead atoms. The summed E-state index contributed by atoms with van der Waals surface area (Å²) in [7, 11) is 1.58. The second kappa shape index (κ2) is 6.47. The quantitative estimate of drug-likeness (QED) is 0.906. The van der Waals surface area contributed by atoms with Gasteiger partial charge in [-0.2, -0.15) is 0 Å². The van der Waals surface area contributed by atoms with E-state index in [2.05, 4.69) is 21.2 Å². The highest BCUT2D eigenvalue weighted by Gasteiger charge is 2.33. The van der Waals surface area contributed by atoms with Crippen LogP contribution >= 0.6 is 15.9 Å². The molecule has 0 radical (unpaired) electrons. The Morgan fingerprint density at radius 2 is 2.10 bits per heavy atom. The van der Waals surface area contributed by atoms with E-state index in [1.165, 1.54) is 0 Å². The molecule has 5 nitrogen and oxygen atoms in total. The fourth-order valence-corrected chi connectivity index (χ4v) is 2.78. The summed E-state index contributed by atoms with van der Waals surface area (Å²) >= 11 is 3.47. The predicted molar refractivity (Wildman–Crippen MR) is 84.4 cm³/mol. The third-order valence-electron chi connectivity index (χ3n) is 3.52. The Bertz CT molecular complexity index is 560. The molecule has 1 N–H and O–H groups in total. The van der Waals surface area contributed by atoms with Crippen LogP contribution in [0, 0.1) is 5.92 Å². The van der Waals surface area contributed by atoms with Crippen molar-refractivity contribution in [1.82, 2.24) is 5.32 Å². The van der Waals surface area contributed by atoms with Gasteiger partial charge in [0, 0.05) is 23.5 Å². The first-order chi connectivity index (χ1) is 9.93. The molecule has 1 aromatic rings. The van der Waals surface area contributed by atoms with Gasteiger partial charge in [0.05, 0.1) is 12.8 Å². The molecule has 1 fully saturated rings. The van der Waals surface area contributed by atoms with Gasteiger partial charge in [0.2, 0.25) is 11.8 Å². The third kappa shape index (κ3) is 3.37. The second-order valence-electron chi connectivity index (χ2n) is 5.35. The van der Waals surface area contributed by atoms with E-state index in [4.69, 9.17) is 4.74 Å². The maximum Gasteiger partial charge on any atom is 0.249 e. The molecule has 6 heteroatoms. The van der Waals surface area contributed by atoms with Crippen molar-refractivity contribution in [3.05, 3.63) is 22.7 Å². The molecule has 1 aliphatic heterocycles. The second-order valence-corrected chi connectivity index (χ2v) is 6.20. The molecule has 1 aromatic carbocycles. The molecule has 1 atom stereocenters. The standard InChI is InChI=1S/C15H19BrN2O3/c1-9(2)14-15(20)18(7-6-13(19)17-14)12-8-10(21-3)4-5-11(12)16/h4-5,8-9,14H,6-7H2,1-3H3,(H,17,19). The Balaban J connectivity index is 2.41. The Kier molecular flexibility index (Phi) is 4.88. The Morgan fingerprint density at radius 3 is 2.71 bits per heavy atom. The van der Waals surface area contributed by atoms with Crippen molar-refractivity contribution in [1.29, 1.82) is 0 Å². The monoisotopic (exact) mass is 354 g/mol. The largest absolute Gasteiger partial charge is 0.497 e. The summed E-state index contributed by atoms with van der Waals surface area (Å²) in [5.41, 5.74) is 0.724. The lowest BCUT2D eigenvalue weighted by Gasteiger charge is -2.27. The average Bonchev–Trinajstić information content (AvgIpc) is 2.59. The Morgan fingerprint density at radius 1 is 1.38 bits per heavy atom. The van der Waals surface area contributed by atoms with Crippen molar-refractivity contribution in [2.75, 3.05) is 18.6 Å². The molecule has 0 aliphatic carbocycles. The number of anilines is 1. The van der Waals surface area contributed by atoms with E-state index in [1.54, 1.807) is 18.1 Å². The number of benzene rings is 1. The van der Waals surface area contributed by atoms with Crippen LogP contribution in [0.2, 0.25) is 0 Å². The number of halogens is 1. The molecule has 0 saturated carbocycles. The molecule has 114 valence electrons. The molecule has 1 saturated heterocycles. The average molecular weight is 355 g/mol. The van der Waals surface area contributed by atoms with Crippen LogP contribution in [-0.2, 0) is 9.59 Å². The van der Waals surface area contributed by atoms with Crippen molar-refractivity contribution in [3.8, 4) is 5.75 Å². The molecule has 2 amide bonds. The van der Waals surface area contributed by atoms with Crippen LogP contribution in [0.15, 0.2) is 22.7 Å². The Labute approximate surface area is 132 Å². The lowest BCUT2D eigenvalue weighted by molar-refractivity contribution is -0.126. The van der Waals surface area contributed by atoms with E-state index in [9.17, 15) is 9.59 Å². The minimum Gasteiger partial charge on any atom is -0.497 e. The fourth-order valence-electron chi connectivity index (χ4n) is 2.32. The molecular weight excluding hydrogens is 336 g/mol. The first-order valence-corrected chi connectivity index (χ1v) is 7.67. The number of carbonyl (C=O) groups is 2. The number of rotatable bonds is 3.